The van der Waals surface area contributed by atoms with Gasteiger partial charge in [0.25, 0.3) is 0 Å². The maximum atomic E-state index is 10.8. The fourth-order valence-electron chi connectivity index (χ4n) is 3.79. The summed E-state index contributed by atoms with van der Waals surface area (Å²) in [7, 11) is 0. The second kappa shape index (κ2) is 6.13. The lowest BCUT2D eigenvalue weighted by atomic mass is 9.79. The van der Waals surface area contributed by atoms with Gasteiger partial charge in [-0.15, -0.1) is 0 Å². The van der Waals surface area contributed by atoms with Crippen LogP contribution in [0.3, 0.4) is 0 Å². The van der Waals surface area contributed by atoms with Crippen LogP contribution in [0.2, 0.25) is 0 Å². The van der Waals surface area contributed by atoms with Crippen molar-refractivity contribution < 1.29 is 9.84 Å². The Hall–Kier alpha value is -1.20. The molecule has 0 spiro atoms. The van der Waals surface area contributed by atoms with E-state index in [4.69, 9.17) is 9.72 Å². The minimum absolute atomic E-state index is 0.143. The second-order valence-corrected chi connectivity index (χ2v) is 6.83. The lowest BCUT2D eigenvalue weighted by Crippen LogP contribution is -2.52. The molecule has 0 aromatic carbocycles. The molecule has 1 aromatic heterocycles. The van der Waals surface area contributed by atoms with Crippen LogP contribution in [-0.2, 0) is 11.2 Å². The fraction of sp³-hybridized carbons (Fsp3) is 0.765. The Kier molecular flexibility index (Phi) is 4.37. The fourth-order valence-corrected chi connectivity index (χ4v) is 3.79. The molecule has 3 atom stereocenters. The molecular formula is C17H27N3O2. The third-order valence-electron chi connectivity index (χ3n) is 5.11. The Balaban J connectivity index is 1.88. The van der Waals surface area contributed by atoms with Crippen molar-refractivity contribution in [3.05, 3.63) is 17.6 Å². The number of anilines is 1. The Morgan fingerprint density at radius 3 is 3.00 bits per heavy atom. The summed E-state index contributed by atoms with van der Waals surface area (Å²) in [5.41, 5.74) is 0.361. The number of aliphatic hydroxyl groups is 1. The number of ether oxygens (including phenoxy) is 1. The number of hydrogen-bond acceptors (Lipinski definition) is 5. The van der Waals surface area contributed by atoms with E-state index in [1.54, 1.807) is 0 Å². The molecule has 0 unspecified atom stereocenters. The highest BCUT2D eigenvalue weighted by Gasteiger charge is 2.44. The predicted molar refractivity (Wildman–Crippen MR) is 86.1 cm³/mol. The van der Waals surface area contributed by atoms with Crippen LogP contribution in [0.1, 0.15) is 44.6 Å². The van der Waals surface area contributed by atoms with Crippen LogP contribution < -0.4 is 4.90 Å². The van der Waals surface area contributed by atoms with Gasteiger partial charge in [-0.1, -0.05) is 6.92 Å². The summed E-state index contributed by atoms with van der Waals surface area (Å²) in [4.78, 5) is 11.6. The van der Waals surface area contributed by atoms with Gasteiger partial charge in [-0.25, -0.2) is 9.97 Å². The first-order chi connectivity index (χ1) is 10.5. The van der Waals surface area contributed by atoms with Crippen LogP contribution in [0.4, 0.5) is 5.82 Å². The summed E-state index contributed by atoms with van der Waals surface area (Å²) in [6.45, 7) is 8.35. The summed E-state index contributed by atoms with van der Waals surface area (Å²) in [5.74, 6) is 2.05. The van der Waals surface area contributed by atoms with Gasteiger partial charge in [-0.3, -0.25) is 0 Å². The van der Waals surface area contributed by atoms with E-state index in [1.807, 2.05) is 13.8 Å². The smallest absolute Gasteiger partial charge is 0.132 e. The highest BCUT2D eigenvalue weighted by Crippen LogP contribution is 2.37. The Morgan fingerprint density at radius 2 is 2.27 bits per heavy atom. The molecule has 1 aromatic rings. The molecule has 2 saturated heterocycles. The summed E-state index contributed by atoms with van der Waals surface area (Å²) >= 11 is 0. The average Bonchev–Trinajstić information content (AvgIpc) is 2.95. The molecule has 3 rings (SSSR count). The van der Waals surface area contributed by atoms with E-state index < -0.39 is 5.60 Å². The molecule has 5 heteroatoms. The van der Waals surface area contributed by atoms with Gasteiger partial charge in [0.05, 0.1) is 12.2 Å². The number of aromatic nitrogens is 2. The monoisotopic (exact) mass is 305 g/mol. The van der Waals surface area contributed by atoms with E-state index in [1.165, 1.54) is 0 Å². The van der Waals surface area contributed by atoms with Crippen molar-refractivity contribution in [3.8, 4) is 0 Å². The van der Waals surface area contributed by atoms with Gasteiger partial charge in [0.2, 0.25) is 0 Å². The van der Waals surface area contributed by atoms with E-state index in [0.717, 1.165) is 43.1 Å². The van der Waals surface area contributed by atoms with Crippen molar-refractivity contribution >= 4 is 5.82 Å². The van der Waals surface area contributed by atoms with Gasteiger partial charge in [-0.05, 0) is 33.1 Å². The summed E-state index contributed by atoms with van der Waals surface area (Å²) < 4.78 is 5.66. The van der Waals surface area contributed by atoms with Gasteiger partial charge in [0, 0.05) is 43.3 Å². The molecule has 0 radical (unpaired) electrons. The molecule has 2 aliphatic rings. The highest BCUT2D eigenvalue weighted by molar-refractivity contribution is 5.43. The van der Waals surface area contributed by atoms with Gasteiger partial charge in [-0.2, -0.15) is 0 Å². The van der Waals surface area contributed by atoms with Crippen LogP contribution in [0, 0.1) is 12.8 Å². The molecule has 122 valence electrons. The van der Waals surface area contributed by atoms with Crippen LogP contribution in [0.5, 0.6) is 0 Å². The number of aryl methyl sites for hydroxylation is 2. The number of nitrogens with zero attached hydrogens (tertiary/aromatic N) is 3. The first-order valence-corrected chi connectivity index (χ1v) is 8.42. The van der Waals surface area contributed by atoms with E-state index in [2.05, 4.69) is 22.9 Å². The summed E-state index contributed by atoms with van der Waals surface area (Å²) in [6, 6.07) is 2.37. The molecule has 0 saturated carbocycles. The minimum atomic E-state index is -0.652. The average molecular weight is 305 g/mol. The van der Waals surface area contributed by atoms with Crippen molar-refractivity contribution in [1.29, 1.82) is 0 Å². The van der Waals surface area contributed by atoms with Crippen LogP contribution >= 0.6 is 0 Å². The molecule has 0 amide bonds. The van der Waals surface area contributed by atoms with E-state index >= 15 is 0 Å². The normalized spacial score (nSPS) is 32.5. The maximum Gasteiger partial charge on any atom is 0.132 e. The number of rotatable bonds is 3. The van der Waals surface area contributed by atoms with E-state index in [0.29, 0.717) is 25.7 Å². The quantitative estimate of drug-likeness (QED) is 0.927. The standard InChI is InChI=1S/C17H27N3O2/c1-4-15-18-12(2)10-16(19-15)20-8-5-6-14(20)13-11-22-9-7-17(13,3)21/h10,13-14,21H,4-9,11H2,1-3H3/t13-,14-,17+/m1/s1. The lowest BCUT2D eigenvalue weighted by Gasteiger charge is -2.43. The first kappa shape index (κ1) is 15.7. The summed E-state index contributed by atoms with van der Waals surface area (Å²) in [6.07, 6.45) is 3.79. The molecule has 2 fully saturated rings. The third kappa shape index (κ3) is 2.97. The van der Waals surface area contributed by atoms with Crippen molar-refractivity contribution in [2.75, 3.05) is 24.7 Å². The van der Waals surface area contributed by atoms with Crippen molar-refractivity contribution in [2.45, 2.75) is 58.1 Å². The second-order valence-electron chi connectivity index (χ2n) is 6.83. The van der Waals surface area contributed by atoms with Crippen LogP contribution in [0.25, 0.3) is 0 Å². The molecule has 22 heavy (non-hydrogen) atoms. The zero-order valence-electron chi connectivity index (χ0n) is 13.9. The van der Waals surface area contributed by atoms with E-state index in [-0.39, 0.29) is 5.92 Å². The minimum Gasteiger partial charge on any atom is -0.390 e. The first-order valence-electron chi connectivity index (χ1n) is 8.42. The van der Waals surface area contributed by atoms with Crippen molar-refractivity contribution in [2.24, 2.45) is 5.92 Å². The molecule has 0 bridgehead atoms. The lowest BCUT2D eigenvalue weighted by molar-refractivity contribution is -0.108. The predicted octanol–water partition coefficient (Wildman–Crippen LogP) is 2.10. The van der Waals surface area contributed by atoms with Crippen LogP contribution in [-0.4, -0.2) is 46.5 Å². The molecule has 0 aliphatic carbocycles. The zero-order valence-corrected chi connectivity index (χ0v) is 13.9. The van der Waals surface area contributed by atoms with Crippen LogP contribution in [0.15, 0.2) is 6.07 Å². The van der Waals surface area contributed by atoms with Gasteiger partial charge >= 0.3 is 0 Å². The zero-order chi connectivity index (χ0) is 15.7. The number of hydrogen-bond donors (Lipinski definition) is 1. The topological polar surface area (TPSA) is 58.5 Å². The van der Waals surface area contributed by atoms with Gasteiger partial charge in [0.1, 0.15) is 11.6 Å². The Bertz CT molecular complexity index is 533. The summed E-state index contributed by atoms with van der Waals surface area (Å²) in [5, 5.41) is 10.8. The molecular weight excluding hydrogens is 278 g/mol. The van der Waals surface area contributed by atoms with Crippen molar-refractivity contribution in [1.82, 2.24) is 9.97 Å². The van der Waals surface area contributed by atoms with Gasteiger partial charge < -0.3 is 14.7 Å². The molecule has 2 aliphatic heterocycles. The molecule has 3 heterocycles. The molecule has 1 N–H and O–H groups in total. The third-order valence-corrected chi connectivity index (χ3v) is 5.11. The van der Waals surface area contributed by atoms with Crippen molar-refractivity contribution in [3.63, 3.8) is 0 Å². The Morgan fingerprint density at radius 1 is 1.45 bits per heavy atom. The molecule has 5 nitrogen and oxygen atoms in total. The highest BCUT2D eigenvalue weighted by atomic mass is 16.5. The Labute approximate surface area is 132 Å². The maximum absolute atomic E-state index is 10.8. The largest absolute Gasteiger partial charge is 0.390 e. The van der Waals surface area contributed by atoms with Gasteiger partial charge in [0.15, 0.2) is 0 Å². The SMILES string of the molecule is CCc1nc(C)cc(N2CCC[C@@H]2[C@H]2COCC[C@]2(C)O)n1. The van der Waals surface area contributed by atoms with E-state index in [9.17, 15) is 5.11 Å².